The van der Waals surface area contributed by atoms with Crippen LogP contribution in [-0.2, 0) is 0 Å². The van der Waals surface area contributed by atoms with Crippen LogP contribution in [0.25, 0.3) is 11.1 Å². The second-order valence-electron chi connectivity index (χ2n) is 4.08. The molecule has 0 amide bonds. The number of hydrogen-bond acceptors (Lipinski definition) is 1. The van der Waals surface area contributed by atoms with E-state index in [4.69, 9.17) is 11.6 Å². The Labute approximate surface area is 121 Å². The smallest absolute Gasteiger partial charge is 0.406 e. The normalized spacial score (nSPS) is 11.8. The molecule has 0 radical (unpaired) electrons. The van der Waals surface area contributed by atoms with E-state index in [9.17, 15) is 22.0 Å². The molecule has 0 aliphatic rings. The third-order valence-corrected chi connectivity index (χ3v) is 3.08. The van der Waals surface area contributed by atoms with Crippen molar-refractivity contribution in [2.75, 3.05) is 0 Å². The molecule has 0 fully saturated rings. The Hall–Kier alpha value is -1.82. The summed E-state index contributed by atoms with van der Waals surface area (Å²) in [5, 5.41) is -0.128. The highest BCUT2D eigenvalue weighted by Crippen LogP contribution is 2.36. The molecule has 0 aliphatic heterocycles. The highest BCUT2D eigenvalue weighted by Gasteiger charge is 2.31. The molecule has 0 saturated heterocycles. The van der Waals surface area contributed by atoms with Crippen molar-refractivity contribution in [2.45, 2.75) is 12.8 Å². The van der Waals surface area contributed by atoms with E-state index < -0.39 is 18.5 Å². The zero-order valence-electron chi connectivity index (χ0n) is 10.3. The van der Waals surface area contributed by atoms with Crippen molar-refractivity contribution in [1.29, 1.82) is 0 Å². The first kappa shape index (κ1) is 15.6. The summed E-state index contributed by atoms with van der Waals surface area (Å²) in [5.74, 6) is -0.396. The standard InChI is InChI=1S/C14H8ClF5O/c15-12-10(2-1-3-11(12)13(16)17)8-4-6-9(7-5-8)21-14(18,19)20/h1-7,13H. The van der Waals surface area contributed by atoms with Crippen molar-refractivity contribution in [2.24, 2.45) is 0 Å². The monoisotopic (exact) mass is 322 g/mol. The van der Waals surface area contributed by atoms with Crippen LogP contribution in [0, 0.1) is 0 Å². The Balaban J connectivity index is 2.33. The number of rotatable bonds is 3. The minimum Gasteiger partial charge on any atom is -0.406 e. The average molecular weight is 323 g/mol. The van der Waals surface area contributed by atoms with Crippen molar-refractivity contribution in [3.63, 3.8) is 0 Å². The second-order valence-corrected chi connectivity index (χ2v) is 4.46. The lowest BCUT2D eigenvalue weighted by Crippen LogP contribution is -2.16. The Morgan fingerprint density at radius 3 is 2.10 bits per heavy atom. The molecule has 112 valence electrons. The van der Waals surface area contributed by atoms with Crippen molar-refractivity contribution < 1.29 is 26.7 Å². The third kappa shape index (κ3) is 3.85. The molecule has 2 aromatic rings. The largest absolute Gasteiger partial charge is 0.573 e. The maximum Gasteiger partial charge on any atom is 0.573 e. The van der Waals surface area contributed by atoms with Crippen molar-refractivity contribution in [1.82, 2.24) is 0 Å². The molecule has 2 rings (SSSR count). The van der Waals surface area contributed by atoms with E-state index >= 15 is 0 Å². The third-order valence-electron chi connectivity index (χ3n) is 2.66. The first-order valence-electron chi connectivity index (χ1n) is 5.70. The van der Waals surface area contributed by atoms with Gasteiger partial charge in [-0.25, -0.2) is 8.78 Å². The molecule has 0 spiro atoms. The van der Waals surface area contributed by atoms with Crippen molar-refractivity contribution in [3.05, 3.63) is 53.1 Å². The topological polar surface area (TPSA) is 9.23 Å². The van der Waals surface area contributed by atoms with Gasteiger partial charge in [-0.2, -0.15) is 0 Å². The molecule has 1 nitrogen and oxygen atoms in total. The van der Waals surface area contributed by atoms with Crippen LogP contribution in [0.1, 0.15) is 12.0 Å². The van der Waals surface area contributed by atoms with Crippen LogP contribution in [0.2, 0.25) is 5.02 Å². The molecule has 0 saturated carbocycles. The second kappa shape index (κ2) is 5.89. The first-order valence-corrected chi connectivity index (χ1v) is 6.08. The van der Waals surface area contributed by atoms with Gasteiger partial charge in [-0.3, -0.25) is 0 Å². The quantitative estimate of drug-likeness (QED) is 0.645. The minimum atomic E-state index is -4.78. The Bertz CT molecular complexity index is 622. The SMILES string of the molecule is FC(F)c1cccc(-c2ccc(OC(F)(F)F)cc2)c1Cl. The summed E-state index contributed by atoms with van der Waals surface area (Å²) in [7, 11) is 0. The highest BCUT2D eigenvalue weighted by atomic mass is 35.5. The zero-order chi connectivity index (χ0) is 15.6. The van der Waals surface area contributed by atoms with Crippen LogP contribution >= 0.6 is 11.6 Å². The molecule has 0 aliphatic carbocycles. The number of ether oxygens (including phenoxy) is 1. The lowest BCUT2D eigenvalue weighted by molar-refractivity contribution is -0.274. The van der Waals surface area contributed by atoms with Crippen LogP contribution in [0.5, 0.6) is 5.75 Å². The summed E-state index contributed by atoms with van der Waals surface area (Å²) in [6.45, 7) is 0. The molecule has 0 N–H and O–H groups in total. The van der Waals surface area contributed by atoms with Gasteiger partial charge in [-0.05, 0) is 17.7 Å². The fraction of sp³-hybridized carbons (Fsp3) is 0.143. The molecule has 0 aromatic heterocycles. The van der Waals surface area contributed by atoms with Gasteiger partial charge in [0.25, 0.3) is 6.43 Å². The predicted molar refractivity (Wildman–Crippen MR) is 68.5 cm³/mol. The summed E-state index contributed by atoms with van der Waals surface area (Å²) >= 11 is 5.89. The molecule has 0 atom stereocenters. The zero-order valence-corrected chi connectivity index (χ0v) is 11.1. The van der Waals surface area contributed by atoms with Gasteiger partial charge >= 0.3 is 6.36 Å². The van der Waals surface area contributed by atoms with Gasteiger partial charge in [0.05, 0.1) is 5.02 Å². The molecule has 2 aromatic carbocycles. The summed E-state index contributed by atoms with van der Waals surface area (Å²) in [6, 6.07) is 8.92. The number of benzene rings is 2. The van der Waals surface area contributed by atoms with Crippen molar-refractivity contribution >= 4 is 11.6 Å². The van der Waals surface area contributed by atoms with E-state index in [1.165, 1.54) is 30.3 Å². The van der Waals surface area contributed by atoms with Gasteiger partial charge in [0.2, 0.25) is 0 Å². The Kier molecular flexibility index (Phi) is 4.37. The van der Waals surface area contributed by atoms with Crippen LogP contribution in [0.4, 0.5) is 22.0 Å². The molecule has 21 heavy (non-hydrogen) atoms. The van der Waals surface area contributed by atoms with Crippen LogP contribution in [0.3, 0.4) is 0 Å². The first-order chi connectivity index (χ1) is 9.78. The molecular formula is C14H8ClF5O. The van der Waals surface area contributed by atoms with E-state index in [1.807, 2.05) is 0 Å². The number of hydrogen-bond donors (Lipinski definition) is 0. The summed E-state index contributed by atoms with van der Waals surface area (Å²) in [5.41, 5.74) is 0.398. The molecule has 7 heteroatoms. The Morgan fingerprint density at radius 2 is 1.57 bits per heavy atom. The van der Waals surface area contributed by atoms with Crippen LogP contribution in [-0.4, -0.2) is 6.36 Å². The summed E-state index contributed by atoms with van der Waals surface area (Å²) in [6.07, 6.45) is -7.51. The van der Waals surface area contributed by atoms with E-state index in [-0.39, 0.29) is 10.6 Å². The summed E-state index contributed by atoms with van der Waals surface area (Å²) in [4.78, 5) is 0. The van der Waals surface area contributed by atoms with E-state index in [0.717, 1.165) is 12.1 Å². The van der Waals surface area contributed by atoms with Crippen LogP contribution < -0.4 is 4.74 Å². The van der Waals surface area contributed by atoms with Crippen LogP contribution in [0.15, 0.2) is 42.5 Å². The van der Waals surface area contributed by atoms with E-state index in [1.54, 1.807) is 0 Å². The number of alkyl halides is 5. The highest BCUT2D eigenvalue weighted by molar-refractivity contribution is 6.34. The van der Waals surface area contributed by atoms with Gasteiger partial charge < -0.3 is 4.74 Å². The lowest BCUT2D eigenvalue weighted by Gasteiger charge is -2.11. The molecule has 0 heterocycles. The fourth-order valence-electron chi connectivity index (χ4n) is 1.78. The van der Waals surface area contributed by atoms with Gasteiger partial charge in [0, 0.05) is 11.1 Å². The van der Waals surface area contributed by atoms with Gasteiger partial charge in [-0.1, -0.05) is 41.9 Å². The van der Waals surface area contributed by atoms with Gasteiger partial charge in [0.15, 0.2) is 0 Å². The summed E-state index contributed by atoms with van der Waals surface area (Å²) < 4.78 is 65.4. The lowest BCUT2D eigenvalue weighted by atomic mass is 10.0. The Morgan fingerprint density at radius 1 is 0.952 bits per heavy atom. The van der Waals surface area contributed by atoms with E-state index in [2.05, 4.69) is 4.74 Å². The number of halogens is 6. The van der Waals surface area contributed by atoms with Gasteiger partial charge in [0.1, 0.15) is 5.75 Å². The maximum atomic E-state index is 12.7. The van der Waals surface area contributed by atoms with Crippen molar-refractivity contribution in [3.8, 4) is 16.9 Å². The maximum absolute atomic E-state index is 12.7. The molecule has 0 bridgehead atoms. The average Bonchev–Trinajstić information content (AvgIpc) is 2.38. The molecular weight excluding hydrogens is 315 g/mol. The van der Waals surface area contributed by atoms with E-state index in [0.29, 0.717) is 11.1 Å². The minimum absolute atomic E-state index is 0.128. The predicted octanol–water partition coefficient (Wildman–Crippen LogP) is 5.84. The van der Waals surface area contributed by atoms with Gasteiger partial charge in [-0.15, -0.1) is 13.2 Å². The fourth-order valence-corrected chi connectivity index (χ4v) is 2.10. The molecule has 0 unspecified atom stereocenters.